The summed E-state index contributed by atoms with van der Waals surface area (Å²) in [5.41, 5.74) is 1.23. The molecule has 9 heteroatoms. The van der Waals surface area contributed by atoms with E-state index >= 15 is 0 Å². The van der Waals surface area contributed by atoms with Gasteiger partial charge in [-0.15, -0.1) is 0 Å². The van der Waals surface area contributed by atoms with E-state index in [1.54, 1.807) is 26.0 Å². The van der Waals surface area contributed by atoms with Crippen LogP contribution in [0, 0.1) is 5.92 Å². The van der Waals surface area contributed by atoms with Crippen LogP contribution in [0.15, 0.2) is 53.4 Å². The fourth-order valence-corrected chi connectivity index (χ4v) is 5.64. The number of ether oxygens (including phenoxy) is 2. The Morgan fingerprint density at radius 3 is 2.29 bits per heavy atom. The molecular formula is C25H32N2O6S. The highest BCUT2D eigenvalue weighted by Crippen LogP contribution is 2.31. The molecule has 184 valence electrons. The van der Waals surface area contributed by atoms with Crippen molar-refractivity contribution in [3.05, 3.63) is 59.7 Å². The average molecular weight is 489 g/mol. The molecule has 0 bridgehead atoms. The van der Waals surface area contributed by atoms with Crippen LogP contribution in [0.25, 0.3) is 0 Å². The van der Waals surface area contributed by atoms with Gasteiger partial charge >= 0.3 is 5.97 Å². The molecule has 34 heavy (non-hydrogen) atoms. The second-order valence-electron chi connectivity index (χ2n) is 8.29. The number of amides is 1. The number of esters is 1. The molecule has 1 fully saturated rings. The lowest BCUT2D eigenvalue weighted by atomic mass is 9.95. The first-order valence-corrected chi connectivity index (χ1v) is 12.8. The minimum absolute atomic E-state index is 0.00533. The van der Waals surface area contributed by atoms with E-state index in [0.717, 1.165) is 11.3 Å². The standard InChI is InChI=1S/C25H32N2O6S/c1-5-33-25(29)20-10-12-21(13-11-20)34(30,31)27-16-14-19(15-17-27)24(28)26(3)18(2)22-8-6-7-9-23(22)32-4/h6-13,18-19H,5,14-17H2,1-4H3. The van der Waals surface area contributed by atoms with Gasteiger partial charge in [-0.1, -0.05) is 18.2 Å². The number of hydrogen-bond donors (Lipinski definition) is 0. The Kier molecular flexibility index (Phi) is 8.33. The van der Waals surface area contributed by atoms with Crippen LogP contribution in [0.5, 0.6) is 5.75 Å². The SMILES string of the molecule is CCOC(=O)c1ccc(S(=O)(=O)N2CCC(C(=O)N(C)C(C)c3ccccc3OC)CC2)cc1. The molecule has 1 saturated heterocycles. The Morgan fingerprint density at radius 1 is 1.09 bits per heavy atom. The van der Waals surface area contributed by atoms with Crippen molar-refractivity contribution in [2.45, 2.75) is 37.6 Å². The van der Waals surface area contributed by atoms with Gasteiger partial charge in [0.25, 0.3) is 0 Å². The van der Waals surface area contributed by atoms with Gasteiger partial charge < -0.3 is 14.4 Å². The van der Waals surface area contributed by atoms with Crippen molar-refractivity contribution in [2.24, 2.45) is 5.92 Å². The number of methoxy groups -OCH3 is 1. The van der Waals surface area contributed by atoms with E-state index in [1.165, 1.54) is 28.6 Å². The summed E-state index contributed by atoms with van der Waals surface area (Å²) in [4.78, 5) is 26.8. The third-order valence-electron chi connectivity index (χ3n) is 6.32. The molecule has 0 aromatic heterocycles. The summed E-state index contributed by atoms with van der Waals surface area (Å²) < 4.78 is 37.9. The zero-order chi connectivity index (χ0) is 24.9. The summed E-state index contributed by atoms with van der Waals surface area (Å²) in [6, 6.07) is 13.2. The third kappa shape index (κ3) is 5.42. The third-order valence-corrected chi connectivity index (χ3v) is 8.24. The van der Waals surface area contributed by atoms with Crippen molar-refractivity contribution in [1.29, 1.82) is 0 Å². The van der Waals surface area contributed by atoms with Gasteiger partial charge in [-0.25, -0.2) is 13.2 Å². The molecule has 0 spiro atoms. The molecule has 1 atom stereocenters. The maximum atomic E-state index is 13.2. The van der Waals surface area contributed by atoms with Gasteiger partial charge in [0.2, 0.25) is 15.9 Å². The van der Waals surface area contributed by atoms with E-state index in [0.29, 0.717) is 18.4 Å². The van der Waals surface area contributed by atoms with E-state index in [2.05, 4.69) is 0 Å². The highest BCUT2D eigenvalue weighted by Gasteiger charge is 2.34. The molecule has 3 rings (SSSR count). The normalized spacial score (nSPS) is 16.0. The van der Waals surface area contributed by atoms with Crippen molar-refractivity contribution in [3.63, 3.8) is 0 Å². The Balaban J connectivity index is 1.63. The van der Waals surface area contributed by atoms with Gasteiger partial charge in [0.05, 0.1) is 30.2 Å². The quantitative estimate of drug-likeness (QED) is 0.528. The zero-order valence-electron chi connectivity index (χ0n) is 20.1. The lowest BCUT2D eigenvalue weighted by Gasteiger charge is -2.34. The molecule has 2 aromatic carbocycles. The number of hydrogen-bond acceptors (Lipinski definition) is 6. The second-order valence-corrected chi connectivity index (χ2v) is 10.2. The fourth-order valence-electron chi connectivity index (χ4n) is 4.17. The lowest BCUT2D eigenvalue weighted by molar-refractivity contribution is -0.137. The van der Waals surface area contributed by atoms with E-state index in [1.807, 2.05) is 31.2 Å². The summed E-state index contributed by atoms with van der Waals surface area (Å²) in [5.74, 6) is -0.0178. The molecular weight excluding hydrogens is 456 g/mol. The van der Waals surface area contributed by atoms with Crippen LogP contribution in [-0.2, 0) is 19.6 Å². The van der Waals surface area contributed by atoms with Crippen LogP contribution in [0.3, 0.4) is 0 Å². The van der Waals surface area contributed by atoms with E-state index < -0.39 is 16.0 Å². The molecule has 1 amide bonds. The van der Waals surface area contributed by atoms with Gasteiger partial charge in [0, 0.05) is 31.6 Å². The van der Waals surface area contributed by atoms with Gasteiger partial charge in [-0.05, 0) is 57.0 Å². The molecule has 0 N–H and O–H groups in total. The van der Waals surface area contributed by atoms with Gasteiger partial charge in [-0.3, -0.25) is 4.79 Å². The number of benzene rings is 2. The summed E-state index contributed by atoms with van der Waals surface area (Å²) in [6.45, 7) is 4.43. The maximum absolute atomic E-state index is 13.2. The van der Waals surface area contributed by atoms with Crippen molar-refractivity contribution < 1.29 is 27.5 Å². The highest BCUT2D eigenvalue weighted by atomic mass is 32.2. The van der Waals surface area contributed by atoms with Crippen LogP contribution >= 0.6 is 0 Å². The monoisotopic (exact) mass is 488 g/mol. The molecule has 0 saturated carbocycles. The molecule has 2 aromatic rings. The second kappa shape index (κ2) is 11.0. The largest absolute Gasteiger partial charge is 0.496 e. The molecule has 0 radical (unpaired) electrons. The first-order valence-electron chi connectivity index (χ1n) is 11.4. The van der Waals surface area contributed by atoms with Crippen LogP contribution in [-0.4, -0.2) is 63.4 Å². The van der Waals surface area contributed by atoms with Crippen LogP contribution in [0.1, 0.15) is 48.7 Å². The molecule has 1 aliphatic rings. The molecule has 1 aliphatic heterocycles. The predicted octanol–water partition coefficient (Wildman–Crippen LogP) is 3.49. The van der Waals surface area contributed by atoms with Crippen LogP contribution in [0.2, 0.25) is 0 Å². The van der Waals surface area contributed by atoms with Crippen molar-refractivity contribution in [3.8, 4) is 5.75 Å². The minimum Gasteiger partial charge on any atom is -0.496 e. The summed E-state index contributed by atoms with van der Waals surface area (Å²) in [6.07, 6.45) is 0.893. The first kappa shape index (κ1) is 25.7. The smallest absolute Gasteiger partial charge is 0.338 e. The Hall–Kier alpha value is -2.91. The number of nitrogens with zero attached hydrogens (tertiary/aromatic N) is 2. The fraction of sp³-hybridized carbons (Fsp3) is 0.440. The van der Waals surface area contributed by atoms with Crippen molar-refractivity contribution in [1.82, 2.24) is 9.21 Å². The number of para-hydroxylation sites is 1. The number of rotatable bonds is 8. The predicted molar refractivity (Wildman–Crippen MR) is 128 cm³/mol. The van der Waals surface area contributed by atoms with Gasteiger partial charge in [-0.2, -0.15) is 4.31 Å². The summed E-state index contributed by atoms with van der Waals surface area (Å²) in [5, 5.41) is 0. The van der Waals surface area contributed by atoms with Gasteiger partial charge in [0.15, 0.2) is 0 Å². The van der Waals surface area contributed by atoms with E-state index in [9.17, 15) is 18.0 Å². The molecule has 1 unspecified atom stereocenters. The highest BCUT2D eigenvalue weighted by molar-refractivity contribution is 7.89. The number of carbonyl (C=O) groups is 2. The minimum atomic E-state index is -3.71. The topological polar surface area (TPSA) is 93.2 Å². The Morgan fingerprint density at radius 2 is 1.71 bits per heavy atom. The first-order chi connectivity index (χ1) is 16.2. The molecule has 8 nitrogen and oxygen atoms in total. The lowest BCUT2D eigenvalue weighted by Crippen LogP contribution is -2.44. The Labute approximate surface area is 201 Å². The van der Waals surface area contributed by atoms with Gasteiger partial charge in [0.1, 0.15) is 5.75 Å². The number of carbonyl (C=O) groups excluding carboxylic acids is 2. The molecule has 0 aliphatic carbocycles. The summed E-state index contributed by atoms with van der Waals surface area (Å²) >= 11 is 0. The van der Waals surface area contributed by atoms with E-state index in [4.69, 9.17) is 9.47 Å². The maximum Gasteiger partial charge on any atom is 0.338 e. The van der Waals surface area contributed by atoms with Crippen LogP contribution < -0.4 is 4.74 Å². The van der Waals surface area contributed by atoms with E-state index in [-0.39, 0.29) is 42.5 Å². The summed E-state index contributed by atoms with van der Waals surface area (Å²) in [7, 11) is -0.338. The van der Waals surface area contributed by atoms with Crippen molar-refractivity contribution in [2.75, 3.05) is 33.9 Å². The van der Waals surface area contributed by atoms with Crippen molar-refractivity contribution >= 4 is 21.9 Å². The molecule has 1 heterocycles. The number of sulfonamides is 1. The number of piperidine rings is 1. The van der Waals surface area contributed by atoms with Crippen LogP contribution in [0.4, 0.5) is 0 Å². The average Bonchev–Trinajstić information content (AvgIpc) is 2.87. The Bertz CT molecular complexity index is 1110. The zero-order valence-corrected chi connectivity index (χ0v) is 20.9.